The minimum Gasteiger partial charge on any atom is -0.480 e. The fourth-order valence-corrected chi connectivity index (χ4v) is 2.03. The van der Waals surface area contributed by atoms with E-state index in [0.717, 1.165) is 12.1 Å². The molecule has 6 nitrogen and oxygen atoms in total. The molecule has 0 saturated carbocycles. The lowest BCUT2D eigenvalue weighted by atomic mass is 10.1. The normalized spacial score (nSPS) is 12.0. The summed E-state index contributed by atoms with van der Waals surface area (Å²) in [7, 11) is 3.88. The number of rotatable bonds is 9. The summed E-state index contributed by atoms with van der Waals surface area (Å²) in [5, 5.41) is 14.9. The van der Waals surface area contributed by atoms with Crippen LogP contribution in [0.5, 0.6) is 0 Å². The smallest absolute Gasteiger partial charge is 0.321 e. The lowest BCUT2D eigenvalue weighted by Crippen LogP contribution is -2.40. The summed E-state index contributed by atoms with van der Waals surface area (Å²) in [6, 6.07) is 6.52. The number of nitrogens with one attached hydrogen (secondary N) is 2. The van der Waals surface area contributed by atoms with Gasteiger partial charge in [0.2, 0.25) is 5.91 Å². The van der Waals surface area contributed by atoms with Crippen molar-refractivity contribution in [2.75, 3.05) is 30.9 Å². The van der Waals surface area contributed by atoms with Gasteiger partial charge in [-0.3, -0.25) is 9.59 Å². The van der Waals surface area contributed by atoms with Crippen molar-refractivity contribution in [1.29, 1.82) is 0 Å². The maximum atomic E-state index is 12.0. The number of anilines is 2. The first-order chi connectivity index (χ1) is 10.8. The fraction of sp³-hybridized carbons (Fsp3) is 0.529. The SMILES string of the molecule is CC(C)CCN[C@@H](CC(=O)Nc1ccc(N(C)C)cc1)C(=O)O. The molecule has 0 saturated heterocycles. The van der Waals surface area contributed by atoms with E-state index < -0.39 is 12.0 Å². The van der Waals surface area contributed by atoms with E-state index in [9.17, 15) is 14.7 Å². The standard InChI is InChI=1S/C17H27N3O3/c1-12(2)9-10-18-15(17(22)23)11-16(21)19-13-5-7-14(8-6-13)20(3)4/h5-8,12,15,18H,9-11H2,1-4H3,(H,19,21)(H,22,23)/t15-/m0/s1. The molecule has 0 radical (unpaired) electrons. The average molecular weight is 321 g/mol. The molecule has 0 aliphatic heterocycles. The van der Waals surface area contributed by atoms with Crippen LogP contribution in [0.15, 0.2) is 24.3 Å². The first-order valence-electron chi connectivity index (χ1n) is 7.83. The number of carboxylic acid groups (broad SMARTS) is 1. The van der Waals surface area contributed by atoms with E-state index in [1.54, 1.807) is 12.1 Å². The summed E-state index contributed by atoms with van der Waals surface area (Å²) in [6.45, 7) is 4.72. The number of benzene rings is 1. The van der Waals surface area contributed by atoms with Crippen LogP contribution in [0.4, 0.5) is 11.4 Å². The molecule has 0 aromatic heterocycles. The van der Waals surface area contributed by atoms with Gasteiger partial charge in [0.1, 0.15) is 6.04 Å². The number of hydrogen-bond donors (Lipinski definition) is 3. The molecule has 1 amide bonds. The minimum absolute atomic E-state index is 0.0944. The summed E-state index contributed by atoms with van der Waals surface area (Å²) >= 11 is 0. The van der Waals surface area contributed by atoms with E-state index in [2.05, 4.69) is 24.5 Å². The highest BCUT2D eigenvalue weighted by Crippen LogP contribution is 2.16. The van der Waals surface area contributed by atoms with Crippen molar-refractivity contribution in [3.63, 3.8) is 0 Å². The molecule has 128 valence electrons. The van der Waals surface area contributed by atoms with Crippen molar-refractivity contribution in [2.45, 2.75) is 32.7 Å². The van der Waals surface area contributed by atoms with Crippen LogP contribution < -0.4 is 15.5 Å². The van der Waals surface area contributed by atoms with Crippen molar-refractivity contribution in [2.24, 2.45) is 5.92 Å². The second-order valence-corrected chi connectivity index (χ2v) is 6.22. The van der Waals surface area contributed by atoms with Gasteiger partial charge >= 0.3 is 5.97 Å². The Kier molecular flexibility index (Phi) is 7.54. The van der Waals surface area contributed by atoms with E-state index in [0.29, 0.717) is 18.2 Å². The zero-order chi connectivity index (χ0) is 17.4. The summed E-state index contributed by atoms with van der Waals surface area (Å²) in [5.41, 5.74) is 1.69. The molecule has 1 atom stereocenters. The van der Waals surface area contributed by atoms with Gasteiger partial charge in [-0.15, -0.1) is 0 Å². The van der Waals surface area contributed by atoms with Crippen LogP contribution in [0.3, 0.4) is 0 Å². The van der Waals surface area contributed by atoms with Crippen LogP contribution in [0.1, 0.15) is 26.7 Å². The zero-order valence-electron chi connectivity index (χ0n) is 14.3. The highest BCUT2D eigenvalue weighted by atomic mass is 16.4. The first kappa shape index (κ1) is 19.0. The van der Waals surface area contributed by atoms with Gasteiger partial charge in [0.15, 0.2) is 0 Å². The van der Waals surface area contributed by atoms with Crippen LogP contribution in [0, 0.1) is 5.92 Å². The van der Waals surface area contributed by atoms with Crippen LogP contribution in [0.2, 0.25) is 0 Å². The molecule has 1 rings (SSSR count). The Morgan fingerprint density at radius 3 is 2.26 bits per heavy atom. The lowest BCUT2D eigenvalue weighted by molar-refractivity contribution is -0.141. The monoisotopic (exact) mass is 321 g/mol. The first-order valence-corrected chi connectivity index (χ1v) is 7.83. The van der Waals surface area contributed by atoms with Gasteiger partial charge in [-0.25, -0.2) is 0 Å². The molecule has 6 heteroatoms. The Balaban J connectivity index is 2.53. The number of carbonyl (C=O) groups is 2. The van der Waals surface area contributed by atoms with Crippen LogP contribution in [-0.4, -0.2) is 43.7 Å². The third-order valence-corrected chi connectivity index (χ3v) is 3.47. The third kappa shape index (κ3) is 7.15. The Morgan fingerprint density at radius 2 is 1.78 bits per heavy atom. The van der Waals surface area contributed by atoms with Gasteiger partial charge in [-0.2, -0.15) is 0 Å². The van der Waals surface area contributed by atoms with Crippen molar-refractivity contribution >= 4 is 23.3 Å². The summed E-state index contributed by atoms with van der Waals surface area (Å²) in [6.07, 6.45) is 0.778. The molecular formula is C17H27N3O3. The molecule has 1 aromatic carbocycles. The van der Waals surface area contributed by atoms with Gasteiger partial charge in [-0.05, 0) is 43.1 Å². The van der Waals surface area contributed by atoms with Crippen molar-refractivity contribution in [3.05, 3.63) is 24.3 Å². The van der Waals surface area contributed by atoms with E-state index in [1.807, 2.05) is 31.1 Å². The van der Waals surface area contributed by atoms with Gasteiger partial charge in [-0.1, -0.05) is 13.8 Å². The van der Waals surface area contributed by atoms with E-state index in [4.69, 9.17) is 0 Å². The molecule has 0 unspecified atom stereocenters. The lowest BCUT2D eigenvalue weighted by Gasteiger charge is -2.16. The number of carboxylic acids is 1. The number of aliphatic carboxylic acids is 1. The number of carbonyl (C=O) groups excluding carboxylic acids is 1. The van der Waals surface area contributed by atoms with E-state index in [1.165, 1.54) is 0 Å². The maximum absolute atomic E-state index is 12.0. The summed E-state index contributed by atoms with van der Waals surface area (Å²) < 4.78 is 0. The minimum atomic E-state index is -1.01. The van der Waals surface area contributed by atoms with Crippen LogP contribution in [-0.2, 0) is 9.59 Å². The second kappa shape index (κ2) is 9.15. The molecule has 0 heterocycles. The quantitative estimate of drug-likeness (QED) is 0.649. The van der Waals surface area contributed by atoms with Crippen molar-refractivity contribution < 1.29 is 14.7 Å². The van der Waals surface area contributed by atoms with Crippen molar-refractivity contribution in [1.82, 2.24) is 5.32 Å². The van der Waals surface area contributed by atoms with Crippen LogP contribution >= 0.6 is 0 Å². The molecule has 3 N–H and O–H groups in total. The molecule has 1 aromatic rings. The Morgan fingerprint density at radius 1 is 1.17 bits per heavy atom. The highest BCUT2D eigenvalue weighted by Gasteiger charge is 2.20. The maximum Gasteiger partial charge on any atom is 0.321 e. The van der Waals surface area contributed by atoms with Gasteiger partial charge in [0, 0.05) is 25.5 Å². The third-order valence-electron chi connectivity index (χ3n) is 3.47. The van der Waals surface area contributed by atoms with Gasteiger partial charge in [0.05, 0.1) is 6.42 Å². The summed E-state index contributed by atoms with van der Waals surface area (Å²) in [5.74, 6) is -0.833. The number of hydrogen-bond acceptors (Lipinski definition) is 4. The molecule has 0 fully saturated rings. The highest BCUT2D eigenvalue weighted by molar-refractivity contribution is 5.94. The molecule has 0 spiro atoms. The predicted molar refractivity (Wildman–Crippen MR) is 92.9 cm³/mol. The van der Waals surface area contributed by atoms with Crippen LogP contribution in [0.25, 0.3) is 0 Å². The molecule has 0 aliphatic rings. The average Bonchev–Trinajstić information content (AvgIpc) is 2.46. The van der Waals surface area contributed by atoms with Crippen molar-refractivity contribution in [3.8, 4) is 0 Å². The topological polar surface area (TPSA) is 81.7 Å². The Labute approximate surface area is 137 Å². The zero-order valence-corrected chi connectivity index (χ0v) is 14.3. The second-order valence-electron chi connectivity index (χ2n) is 6.22. The molecule has 0 aliphatic carbocycles. The van der Waals surface area contributed by atoms with Gasteiger partial charge < -0.3 is 20.6 Å². The Bertz CT molecular complexity index is 512. The molecule has 0 bridgehead atoms. The number of nitrogens with zero attached hydrogens (tertiary/aromatic N) is 1. The Hall–Kier alpha value is -2.08. The molecular weight excluding hydrogens is 294 g/mol. The molecule has 23 heavy (non-hydrogen) atoms. The fourth-order valence-electron chi connectivity index (χ4n) is 2.03. The van der Waals surface area contributed by atoms with Gasteiger partial charge in [0.25, 0.3) is 0 Å². The van der Waals surface area contributed by atoms with E-state index in [-0.39, 0.29) is 12.3 Å². The summed E-state index contributed by atoms with van der Waals surface area (Å²) in [4.78, 5) is 25.2. The predicted octanol–water partition coefficient (Wildman–Crippen LogP) is 2.17. The largest absolute Gasteiger partial charge is 0.480 e. The number of amides is 1. The van der Waals surface area contributed by atoms with E-state index >= 15 is 0 Å².